The molecule has 3 saturated carbocycles. The summed E-state index contributed by atoms with van der Waals surface area (Å²) in [6, 6.07) is 3.93. The number of nitrogens with zero attached hydrogens (tertiary/aromatic N) is 4. The summed E-state index contributed by atoms with van der Waals surface area (Å²) >= 11 is 0. The van der Waals surface area contributed by atoms with E-state index >= 15 is 0 Å². The van der Waals surface area contributed by atoms with E-state index in [4.69, 9.17) is 0 Å². The summed E-state index contributed by atoms with van der Waals surface area (Å²) in [7, 11) is 2.12. The summed E-state index contributed by atoms with van der Waals surface area (Å²) < 4.78 is 0. The zero-order valence-electron chi connectivity index (χ0n) is 15.8. The zero-order valence-corrected chi connectivity index (χ0v) is 15.8. The monoisotopic (exact) mass is 354 g/mol. The van der Waals surface area contributed by atoms with E-state index in [1.165, 1.54) is 25.7 Å². The molecule has 3 aliphatic carbocycles. The number of carbonyl (C=O) groups excluding carboxylic acids is 1. The number of hydrogen-bond acceptors (Lipinski definition) is 4. The molecule has 2 bridgehead atoms. The van der Waals surface area contributed by atoms with Gasteiger partial charge in [-0.3, -0.25) is 4.79 Å². The number of likely N-dealkylation sites (N-methyl/N-ethyl adjacent to an activating group) is 1. The van der Waals surface area contributed by atoms with Gasteiger partial charge in [-0.25, -0.2) is 4.98 Å². The number of pyridine rings is 1. The summed E-state index contributed by atoms with van der Waals surface area (Å²) in [5.41, 5.74) is 0.803. The van der Waals surface area contributed by atoms with Crippen LogP contribution in [0.25, 0.3) is 0 Å². The molecule has 0 aromatic carbocycles. The van der Waals surface area contributed by atoms with Crippen molar-refractivity contribution in [1.29, 1.82) is 0 Å². The lowest BCUT2D eigenvalue weighted by Gasteiger charge is -2.44. The van der Waals surface area contributed by atoms with Gasteiger partial charge in [-0.15, -0.1) is 0 Å². The van der Waals surface area contributed by atoms with Crippen molar-refractivity contribution in [2.45, 2.75) is 25.7 Å². The SMILES string of the molecule is CN1CCN(C(=O)c2ccnc(N3C[C@@H]4C5CCC(CC5)[C@@H]4C3)c2)CC1. The standard InChI is InChI=1S/C21H30N4O/c1-23-8-10-24(11-9-23)21(26)17-6-7-22-20(12-17)25-13-18-15-2-3-16(5-4-15)19(18)14-25/h6-7,12,15-16,18-19H,2-5,8-11,13-14H2,1H3/t15?,16?,18-,19+. The van der Waals surface area contributed by atoms with Crippen molar-refractivity contribution in [3.05, 3.63) is 23.9 Å². The molecular weight excluding hydrogens is 324 g/mol. The van der Waals surface area contributed by atoms with Gasteiger partial charge in [0.25, 0.3) is 5.91 Å². The van der Waals surface area contributed by atoms with Crippen LogP contribution < -0.4 is 4.90 Å². The Hall–Kier alpha value is -1.62. The fourth-order valence-corrected chi connectivity index (χ4v) is 5.96. The molecule has 1 aromatic rings. The maximum absolute atomic E-state index is 12.9. The van der Waals surface area contributed by atoms with Crippen LogP contribution >= 0.6 is 0 Å². The molecular formula is C21H30N4O. The lowest BCUT2D eigenvalue weighted by atomic mass is 9.60. The maximum atomic E-state index is 12.9. The van der Waals surface area contributed by atoms with E-state index in [-0.39, 0.29) is 5.91 Å². The van der Waals surface area contributed by atoms with E-state index in [1.54, 1.807) is 0 Å². The first-order chi connectivity index (χ1) is 12.7. The second-order valence-electron chi connectivity index (χ2n) is 8.91. The van der Waals surface area contributed by atoms with Crippen LogP contribution in [-0.4, -0.2) is 67.0 Å². The first kappa shape index (κ1) is 16.5. The van der Waals surface area contributed by atoms with Crippen molar-refractivity contribution < 1.29 is 4.79 Å². The summed E-state index contributed by atoms with van der Waals surface area (Å²) in [6.45, 7) is 5.86. The van der Waals surface area contributed by atoms with Crippen LogP contribution in [0.4, 0.5) is 5.82 Å². The minimum absolute atomic E-state index is 0.165. The number of aromatic nitrogens is 1. The molecule has 3 heterocycles. The molecule has 26 heavy (non-hydrogen) atoms. The van der Waals surface area contributed by atoms with Crippen LogP contribution in [-0.2, 0) is 0 Å². The number of carbonyl (C=O) groups is 1. The number of piperazine rings is 1. The first-order valence-electron chi connectivity index (χ1n) is 10.4. The molecule has 5 aliphatic rings. The van der Waals surface area contributed by atoms with Crippen LogP contribution in [0.1, 0.15) is 36.0 Å². The molecule has 6 rings (SSSR count). The Morgan fingerprint density at radius 3 is 2.23 bits per heavy atom. The van der Waals surface area contributed by atoms with Crippen LogP contribution in [0.15, 0.2) is 18.3 Å². The molecule has 5 heteroatoms. The Morgan fingerprint density at radius 1 is 1.00 bits per heavy atom. The van der Waals surface area contributed by atoms with Gasteiger partial charge >= 0.3 is 0 Å². The Labute approximate surface area is 156 Å². The highest BCUT2D eigenvalue weighted by molar-refractivity contribution is 5.95. The average molecular weight is 354 g/mol. The fourth-order valence-electron chi connectivity index (χ4n) is 5.96. The third-order valence-electron chi connectivity index (χ3n) is 7.55. The quantitative estimate of drug-likeness (QED) is 0.817. The van der Waals surface area contributed by atoms with Gasteiger partial charge in [0.2, 0.25) is 0 Å². The van der Waals surface area contributed by atoms with Gasteiger partial charge in [0, 0.05) is 51.0 Å². The van der Waals surface area contributed by atoms with Crippen LogP contribution in [0.5, 0.6) is 0 Å². The predicted molar refractivity (Wildman–Crippen MR) is 102 cm³/mol. The third-order valence-corrected chi connectivity index (χ3v) is 7.55. The van der Waals surface area contributed by atoms with Crippen LogP contribution in [0, 0.1) is 23.7 Å². The van der Waals surface area contributed by atoms with Crippen molar-refractivity contribution in [1.82, 2.24) is 14.8 Å². The van der Waals surface area contributed by atoms with Crippen molar-refractivity contribution in [2.75, 3.05) is 51.2 Å². The average Bonchev–Trinajstić information content (AvgIpc) is 3.17. The molecule has 0 spiro atoms. The molecule has 2 aliphatic heterocycles. The highest BCUT2D eigenvalue weighted by atomic mass is 16.2. The number of anilines is 1. The van der Waals surface area contributed by atoms with Crippen molar-refractivity contribution in [3.8, 4) is 0 Å². The van der Waals surface area contributed by atoms with Crippen LogP contribution in [0.3, 0.4) is 0 Å². The van der Waals surface area contributed by atoms with Gasteiger partial charge in [-0.1, -0.05) is 0 Å². The maximum Gasteiger partial charge on any atom is 0.254 e. The highest BCUT2D eigenvalue weighted by Gasteiger charge is 2.48. The van der Waals surface area contributed by atoms with Gasteiger partial charge in [0.1, 0.15) is 5.82 Å². The summed E-state index contributed by atoms with van der Waals surface area (Å²) in [6.07, 6.45) is 7.59. The van der Waals surface area contributed by atoms with Gasteiger partial charge in [0.15, 0.2) is 0 Å². The van der Waals surface area contributed by atoms with E-state index in [1.807, 2.05) is 23.2 Å². The lowest BCUT2D eigenvalue weighted by Crippen LogP contribution is -2.47. The molecule has 0 radical (unpaired) electrons. The van der Waals surface area contributed by atoms with Crippen molar-refractivity contribution >= 4 is 11.7 Å². The van der Waals surface area contributed by atoms with Gasteiger partial charge in [-0.2, -0.15) is 0 Å². The Balaban J connectivity index is 1.32. The molecule has 5 nitrogen and oxygen atoms in total. The number of amides is 1. The van der Waals surface area contributed by atoms with Gasteiger partial charge < -0.3 is 14.7 Å². The number of fused-ring (bicyclic) bond motifs is 2. The lowest BCUT2D eigenvalue weighted by molar-refractivity contribution is 0.0577. The van der Waals surface area contributed by atoms with E-state index in [2.05, 4.69) is 21.8 Å². The molecule has 5 fully saturated rings. The number of rotatable bonds is 2. The molecule has 0 unspecified atom stereocenters. The highest BCUT2D eigenvalue weighted by Crippen LogP contribution is 2.52. The summed E-state index contributed by atoms with van der Waals surface area (Å²) in [4.78, 5) is 24.3. The Kier molecular flexibility index (Phi) is 4.15. The summed E-state index contributed by atoms with van der Waals surface area (Å²) in [5.74, 6) is 4.77. The van der Waals surface area contributed by atoms with E-state index in [9.17, 15) is 4.79 Å². The number of hydrogen-bond donors (Lipinski definition) is 0. The Morgan fingerprint density at radius 2 is 1.62 bits per heavy atom. The Bertz CT molecular complexity index is 656. The minimum Gasteiger partial charge on any atom is -0.356 e. The van der Waals surface area contributed by atoms with E-state index in [0.29, 0.717) is 0 Å². The molecule has 2 atom stereocenters. The smallest absolute Gasteiger partial charge is 0.254 e. The second kappa shape index (κ2) is 6.52. The van der Waals surface area contributed by atoms with Gasteiger partial charge in [0.05, 0.1) is 0 Å². The van der Waals surface area contributed by atoms with E-state index in [0.717, 1.165) is 74.3 Å². The third kappa shape index (κ3) is 2.81. The minimum atomic E-state index is 0.165. The van der Waals surface area contributed by atoms with Crippen molar-refractivity contribution in [3.63, 3.8) is 0 Å². The molecule has 140 valence electrons. The molecule has 1 aromatic heterocycles. The summed E-state index contributed by atoms with van der Waals surface area (Å²) in [5, 5.41) is 0. The first-order valence-corrected chi connectivity index (χ1v) is 10.4. The normalized spacial score (nSPS) is 34.2. The van der Waals surface area contributed by atoms with Crippen LogP contribution in [0.2, 0.25) is 0 Å². The molecule has 1 amide bonds. The van der Waals surface area contributed by atoms with E-state index < -0.39 is 0 Å². The zero-order chi connectivity index (χ0) is 17.7. The second-order valence-corrected chi connectivity index (χ2v) is 8.91. The fraction of sp³-hybridized carbons (Fsp3) is 0.714. The largest absolute Gasteiger partial charge is 0.356 e. The topological polar surface area (TPSA) is 39.7 Å². The molecule has 2 saturated heterocycles. The van der Waals surface area contributed by atoms with Crippen molar-refractivity contribution in [2.24, 2.45) is 23.7 Å². The molecule has 0 N–H and O–H groups in total. The predicted octanol–water partition coefficient (Wildman–Crippen LogP) is 2.34. The van der Waals surface area contributed by atoms with Gasteiger partial charge in [-0.05, 0) is 68.5 Å².